The molecule has 1 unspecified atom stereocenters. The Morgan fingerprint density at radius 3 is 1.97 bits per heavy atom. The summed E-state index contributed by atoms with van der Waals surface area (Å²) < 4.78 is 31.5. The van der Waals surface area contributed by atoms with Crippen LogP contribution in [0, 0.1) is 7.43 Å². The van der Waals surface area contributed by atoms with Gasteiger partial charge in [-0.3, -0.25) is 28.9 Å². The van der Waals surface area contributed by atoms with Crippen molar-refractivity contribution in [3.8, 4) is 0 Å². The molecule has 213 valence electrons. The third-order valence-corrected chi connectivity index (χ3v) is 7.01. The van der Waals surface area contributed by atoms with Crippen LogP contribution in [0.3, 0.4) is 0 Å². The summed E-state index contributed by atoms with van der Waals surface area (Å²) in [6.45, 7) is -0.584. The summed E-state index contributed by atoms with van der Waals surface area (Å²) in [4.78, 5) is 34.8. The first-order valence-electron chi connectivity index (χ1n) is 11.7. The Morgan fingerprint density at radius 1 is 0.897 bits per heavy atom. The van der Waals surface area contributed by atoms with Crippen LogP contribution in [0.2, 0.25) is 0 Å². The number of carboxylic acids is 2. The van der Waals surface area contributed by atoms with Gasteiger partial charge >= 0.3 is 29.0 Å². The van der Waals surface area contributed by atoms with Crippen LogP contribution in [0.25, 0.3) is 0 Å². The van der Waals surface area contributed by atoms with Crippen LogP contribution >= 0.6 is 0 Å². The molecule has 4 N–H and O–H groups in total. The van der Waals surface area contributed by atoms with Crippen LogP contribution in [0.15, 0.2) is 58.5 Å². The first-order chi connectivity index (χ1) is 17.5. The first-order valence-corrected chi connectivity index (χ1v) is 13.1. The summed E-state index contributed by atoms with van der Waals surface area (Å²) in [5.41, 5.74) is 0.902. The minimum atomic E-state index is -4.38. The van der Waals surface area contributed by atoms with E-state index in [9.17, 15) is 33.3 Å². The summed E-state index contributed by atoms with van der Waals surface area (Å²) in [6.07, 6.45) is 4.54. The predicted octanol–water partition coefficient (Wildman–Crippen LogP) is 2.65. The summed E-state index contributed by atoms with van der Waals surface area (Å²) in [6, 6.07) is 9.57. The second-order valence-electron chi connectivity index (χ2n) is 8.83. The van der Waals surface area contributed by atoms with Gasteiger partial charge in [0.2, 0.25) is 5.90 Å². The minimum Gasteiger partial charge on any atom is -0.495 e. The van der Waals surface area contributed by atoms with Crippen LogP contribution in [0.1, 0.15) is 31.4 Å². The van der Waals surface area contributed by atoms with Crippen molar-refractivity contribution in [2.24, 2.45) is 4.99 Å². The maximum absolute atomic E-state index is 11.7. The van der Waals surface area contributed by atoms with E-state index < -0.39 is 28.6 Å². The fraction of sp³-hybridized carbons (Fsp3) is 0.400. The molecule has 0 aliphatic heterocycles. The van der Waals surface area contributed by atoms with Gasteiger partial charge in [0.05, 0.1) is 35.9 Å². The van der Waals surface area contributed by atoms with E-state index in [0.717, 1.165) is 25.0 Å². The molecule has 1 aliphatic carbocycles. The number of aromatic nitrogens is 1. The molecule has 1 aromatic carbocycles. The van der Waals surface area contributed by atoms with Gasteiger partial charge in [-0.2, -0.15) is 8.42 Å². The maximum atomic E-state index is 11.7. The molecule has 1 saturated carbocycles. The number of aliphatic hydroxyl groups is 1. The average molecular weight is 605 g/mol. The maximum Gasteiger partial charge on any atom is 3.00 e. The zero-order valence-electron chi connectivity index (χ0n) is 21.4. The molecule has 0 amide bonds. The van der Waals surface area contributed by atoms with Gasteiger partial charge in [0.1, 0.15) is 0 Å². The van der Waals surface area contributed by atoms with Crippen molar-refractivity contribution in [3.05, 3.63) is 61.8 Å². The molecule has 1 aromatic heterocycles. The third-order valence-electron chi connectivity index (χ3n) is 6.14. The molecule has 1 radical (unpaired) electrons. The zero-order chi connectivity index (χ0) is 27.0. The number of carbonyl (C=O) groups is 2. The van der Waals surface area contributed by atoms with Gasteiger partial charge in [-0.15, -0.1) is 0 Å². The number of rotatable bonds is 12. The number of pyridine rings is 1. The standard InChI is InChI=1S/C24H30N4O8S.CH3.Fe/c29-22(26-17-8-10-19(11-9-17)37(34,35)36)14-28(16-24(32)33)21-7-2-1-6-20(21)27(15-23(30)31)13-18-5-3-4-12-25-18;;/h3-5,8-12,20-21H,1-2,6-7,13-16H2,(H,26,29)(H,30,31)(H,32,33)(H,34,35,36);1H3;/q;-1;+3/t20-,21?;;/m0../s1. The second kappa shape index (κ2) is 15.7. The van der Waals surface area contributed by atoms with Crippen molar-refractivity contribution in [3.63, 3.8) is 0 Å². The molecule has 14 heteroatoms. The van der Waals surface area contributed by atoms with Crippen LogP contribution in [0.5, 0.6) is 0 Å². The van der Waals surface area contributed by atoms with Crippen LogP contribution in [-0.4, -0.2) is 92.6 Å². The van der Waals surface area contributed by atoms with Gasteiger partial charge in [-0.25, -0.2) is 4.99 Å². The Labute approximate surface area is 238 Å². The Bertz CT molecular complexity index is 1210. The largest absolute Gasteiger partial charge is 3.00 e. The Morgan fingerprint density at radius 2 is 1.46 bits per heavy atom. The fourth-order valence-corrected chi connectivity index (χ4v) is 5.11. The van der Waals surface area contributed by atoms with Crippen molar-refractivity contribution in [2.45, 2.75) is 49.2 Å². The number of aliphatic hydroxyl groups excluding tert-OH is 1. The quantitative estimate of drug-likeness (QED) is 0.0918. The third kappa shape index (κ3) is 10.7. The summed E-state index contributed by atoms with van der Waals surface area (Å²) in [5.74, 6) is -2.51. The number of carboxylic acid groups (broad SMARTS) is 2. The van der Waals surface area contributed by atoms with Gasteiger partial charge in [0.25, 0.3) is 10.1 Å². The number of aliphatic carboxylic acids is 2. The van der Waals surface area contributed by atoms with E-state index in [4.69, 9.17) is 4.55 Å². The molecular weight excluding hydrogens is 572 g/mol. The molecule has 2 aromatic rings. The smallest absolute Gasteiger partial charge is 0.495 e. The van der Waals surface area contributed by atoms with Crippen molar-refractivity contribution in [1.82, 2.24) is 14.8 Å². The number of hydrogen-bond acceptors (Lipinski definition) is 8. The Hall–Kier alpha value is -2.87. The topological polar surface area (TPSA) is 181 Å². The summed E-state index contributed by atoms with van der Waals surface area (Å²) in [5, 5.41) is 29.7. The van der Waals surface area contributed by atoms with E-state index in [1.807, 2.05) is 6.07 Å². The molecule has 12 nitrogen and oxygen atoms in total. The van der Waals surface area contributed by atoms with Gasteiger partial charge in [-0.05, 0) is 49.2 Å². The molecule has 1 fully saturated rings. The van der Waals surface area contributed by atoms with Crippen LogP contribution in [-0.2, 0) is 43.3 Å². The number of aliphatic imine (C=N–C) groups is 1. The first kappa shape index (κ1) is 34.2. The number of hydrogen-bond donors (Lipinski definition) is 4. The van der Waals surface area contributed by atoms with Gasteiger partial charge in [-0.1, -0.05) is 18.9 Å². The molecule has 39 heavy (non-hydrogen) atoms. The van der Waals surface area contributed by atoms with E-state index in [-0.39, 0.29) is 72.7 Å². The molecule has 0 spiro atoms. The summed E-state index contributed by atoms with van der Waals surface area (Å²) >= 11 is 0. The van der Waals surface area contributed by atoms with Crippen LogP contribution in [0.4, 0.5) is 5.69 Å². The zero-order valence-corrected chi connectivity index (χ0v) is 23.3. The summed E-state index contributed by atoms with van der Waals surface area (Å²) in [7, 11) is -4.38. The SMILES string of the molecule is O=C(O)CN(CC(O)=Nc1ccc(S(=O)(=O)O)cc1)C1CCCC[C@@H]1N(CC(=O)O)Cc1ccccn1.[CH3-].[Fe+3]. The molecular formula is C25H33FeN4O8S+2. The van der Waals surface area contributed by atoms with Gasteiger partial charge in [0.15, 0.2) is 0 Å². The molecule has 0 saturated heterocycles. The molecule has 3 rings (SSSR count). The van der Waals surface area contributed by atoms with Crippen molar-refractivity contribution >= 4 is 33.6 Å². The monoisotopic (exact) mass is 605 g/mol. The normalized spacial score (nSPS) is 17.8. The van der Waals surface area contributed by atoms with E-state index in [1.165, 1.54) is 12.1 Å². The molecule has 1 heterocycles. The van der Waals surface area contributed by atoms with Crippen molar-refractivity contribution in [1.29, 1.82) is 0 Å². The van der Waals surface area contributed by atoms with E-state index in [1.54, 1.807) is 28.1 Å². The molecule has 1 aliphatic rings. The second-order valence-corrected chi connectivity index (χ2v) is 10.3. The Balaban J connectivity index is 0.00000380. The van der Waals surface area contributed by atoms with E-state index in [2.05, 4.69) is 9.98 Å². The van der Waals surface area contributed by atoms with Gasteiger partial charge in [0, 0.05) is 24.8 Å². The Kier molecular flexibility index (Phi) is 13.7. The van der Waals surface area contributed by atoms with Crippen LogP contribution < -0.4 is 0 Å². The van der Waals surface area contributed by atoms with Gasteiger partial charge < -0.3 is 22.7 Å². The van der Waals surface area contributed by atoms with E-state index >= 15 is 0 Å². The predicted molar refractivity (Wildman–Crippen MR) is 140 cm³/mol. The van der Waals surface area contributed by atoms with Crippen molar-refractivity contribution < 1.29 is 54.9 Å². The molecule has 2 atom stereocenters. The number of nitrogens with zero attached hydrogens (tertiary/aromatic N) is 4. The average Bonchev–Trinajstić information content (AvgIpc) is 2.83. The molecule has 0 bridgehead atoms. The minimum absolute atomic E-state index is 0. The fourth-order valence-electron chi connectivity index (χ4n) is 4.63. The number of benzene rings is 1. The van der Waals surface area contributed by atoms with Crippen molar-refractivity contribution in [2.75, 3.05) is 19.6 Å². The van der Waals surface area contributed by atoms with E-state index in [0.29, 0.717) is 18.5 Å².